The van der Waals surface area contributed by atoms with E-state index in [1.807, 2.05) is 0 Å². The fourth-order valence-corrected chi connectivity index (χ4v) is 5.60. The highest BCUT2D eigenvalue weighted by atomic mass is 19.4. The van der Waals surface area contributed by atoms with Crippen molar-refractivity contribution in [3.8, 4) is 0 Å². The molecule has 1 aromatic heterocycles. The van der Waals surface area contributed by atoms with Gasteiger partial charge in [-0.3, -0.25) is 9.89 Å². The maximum absolute atomic E-state index is 13.8. The van der Waals surface area contributed by atoms with Gasteiger partial charge in [-0.15, -0.1) is 0 Å². The number of H-pyrrole nitrogens is 1. The van der Waals surface area contributed by atoms with E-state index in [9.17, 15) is 35.5 Å². The molecule has 40 heavy (non-hydrogen) atoms. The third-order valence-corrected chi connectivity index (χ3v) is 7.46. The summed E-state index contributed by atoms with van der Waals surface area (Å²) in [5.74, 6) is -1.18. The number of benzene rings is 2. The number of amides is 1. The van der Waals surface area contributed by atoms with Gasteiger partial charge >= 0.3 is 12.4 Å². The van der Waals surface area contributed by atoms with Gasteiger partial charge < -0.3 is 15.0 Å². The monoisotopic (exact) mass is 570 g/mol. The summed E-state index contributed by atoms with van der Waals surface area (Å²) in [7, 11) is 0. The van der Waals surface area contributed by atoms with Crippen LogP contribution >= 0.6 is 0 Å². The molecule has 13 heteroatoms. The molecule has 3 aromatic rings. The van der Waals surface area contributed by atoms with Gasteiger partial charge in [-0.25, -0.2) is 4.39 Å². The average molecular weight is 571 g/mol. The largest absolute Gasteiger partial charge is 0.416 e. The summed E-state index contributed by atoms with van der Waals surface area (Å²) in [6.07, 6.45) is -10.2. The third-order valence-electron chi connectivity index (χ3n) is 7.46. The van der Waals surface area contributed by atoms with Crippen LogP contribution in [0.3, 0.4) is 0 Å². The molecule has 2 fully saturated rings. The number of hydrogen-bond donors (Lipinski definition) is 2. The molecule has 0 aliphatic carbocycles. The van der Waals surface area contributed by atoms with Gasteiger partial charge in [0, 0.05) is 43.4 Å². The van der Waals surface area contributed by atoms with Crippen molar-refractivity contribution in [2.75, 3.05) is 6.54 Å². The van der Waals surface area contributed by atoms with Crippen LogP contribution in [0.4, 0.5) is 30.7 Å². The Kier molecular flexibility index (Phi) is 7.38. The third kappa shape index (κ3) is 5.71. The molecule has 0 bridgehead atoms. The molecule has 1 amide bonds. The Bertz CT molecular complexity index is 1310. The molecule has 3 heterocycles. The van der Waals surface area contributed by atoms with Crippen LogP contribution in [0, 0.1) is 5.82 Å². The van der Waals surface area contributed by atoms with Crippen molar-refractivity contribution in [2.24, 2.45) is 0 Å². The minimum absolute atomic E-state index is 0.0673. The second-order valence-electron chi connectivity index (χ2n) is 10.0. The number of alkyl halides is 6. The predicted molar refractivity (Wildman–Crippen MR) is 128 cm³/mol. The Hall–Kier alpha value is -3.45. The summed E-state index contributed by atoms with van der Waals surface area (Å²) in [5, 5.41) is 10.1. The summed E-state index contributed by atoms with van der Waals surface area (Å²) < 4.78 is 101. The molecule has 2 N–H and O–H groups in total. The Balaban J connectivity index is 1.46. The second-order valence-corrected chi connectivity index (χ2v) is 10.0. The van der Waals surface area contributed by atoms with Crippen LogP contribution in [0.5, 0.6) is 0 Å². The van der Waals surface area contributed by atoms with Gasteiger partial charge in [-0.1, -0.05) is 12.1 Å². The summed E-state index contributed by atoms with van der Waals surface area (Å²) in [5.41, 5.74) is -1.75. The molecule has 5 atom stereocenters. The summed E-state index contributed by atoms with van der Waals surface area (Å²) in [4.78, 5) is 14.6. The van der Waals surface area contributed by atoms with Crippen molar-refractivity contribution < 1.29 is 40.3 Å². The number of hydrogen-bond acceptors (Lipinski definition) is 4. The lowest BCUT2D eigenvalue weighted by molar-refractivity contribution is -0.143. The van der Waals surface area contributed by atoms with Crippen LogP contribution in [0.15, 0.2) is 54.7 Å². The fourth-order valence-electron chi connectivity index (χ4n) is 5.60. The molecule has 2 saturated heterocycles. The van der Waals surface area contributed by atoms with E-state index in [1.54, 1.807) is 29.3 Å². The first kappa shape index (κ1) is 28.1. The van der Waals surface area contributed by atoms with E-state index in [4.69, 9.17) is 4.74 Å². The van der Waals surface area contributed by atoms with Crippen LogP contribution < -0.4 is 5.32 Å². The lowest BCUT2D eigenvalue weighted by atomic mass is 9.86. The van der Waals surface area contributed by atoms with E-state index < -0.39 is 53.5 Å². The normalized spacial score (nSPS) is 24.0. The lowest BCUT2D eigenvalue weighted by Gasteiger charge is -2.30. The molecule has 0 radical (unpaired) electrons. The molecule has 2 aliphatic rings. The second kappa shape index (κ2) is 10.5. The number of nitrogens with zero attached hydrogens (tertiary/aromatic N) is 2. The van der Waals surface area contributed by atoms with Crippen molar-refractivity contribution in [3.05, 3.63) is 88.5 Å². The number of fused-ring (bicyclic) bond motifs is 1. The lowest BCUT2D eigenvalue weighted by Crippen LogP contribution is -2.42. The van der Waals surface area contributed by atoms with Gasteiger partial charge in [-0.05, 0) is 54.4 Å². The van der Waals surface area contributed by atoms with Gasteiger partial charge in [0.2, 0.25) is 5.91 Å². The molecule has 6 nitrogen and oxygen atoms in total. The zero-order valence-electron chi connectivity index (χ0n) is 21.1. The van der Waals surface area contributed by atoms with Gasteiger partial charge in [0.1, 0.15) is 5.82 Å². The predicted octanol–water partition coefficient (Wildman–Crippen LogP) is 5.59. The van der Waals surface area contributed by atoms with Crippen LogP contribution in [0.2, 0.25) is 0 Å². The number of nitrogens with one attached hydrogen (secondary N) is 2. The average Bonchev–Trinajstić information content (AvgIpc) is 3.60. The highest BCUT2D eigenvalue weighted by Crippen LogP contribution is 2.44. The van der Waals surface area contributed by atoms with E-state index in [-0.39, 0.29) is 36.5 Å². The van der Waals surface area contributed by atoms with Crippen molar-refractivity contribution in [1.29, 1.82) is 0 Å². The number of aromatic nitrogens is 2. The first-order valence-corrected chi connectivity index (χ1v) is 12.5. The van der Waals surface area contributed by atoms with E-state index in [2.05, 4.69) is 15.5 Å². The number of ether oxygens (including phenoxy) is 1. The highest BCUT2D eigenvalue weighted by Gasteiger charge is 2.53. The SMILES string of the molecule is C[C@@H](O[C@H]1CN2C(=O)CC(NCc3ccn[nH]3)[C@H]2[C@@H]1c1ccc(F)cc1)c1cc(C(F)(F)F)cc(C(F)(F)F)c1. The molecule has 214 valence electrons. The smallest absolute Gasteiger partial charge is 0.368 e. The molecular weight excluding hydrogens is 545 g/mol. The Morgan fingerprint density at radius 1 is 1.05 bits per heavy atom. The number of carbonyl (C=O) groups is 1. The topological polar surface area (TPSA) is 70.2 Å². The van der Waals surface area contributed by atoms with Crippen LogP contribution in [0.25, 0.3) is 0 Å². The van der Waals surface area contributed by atoms with Crippen molar-refractivity contribution in [1.82, 2.24) is 20.4 Å². The Morgan fingerprint density at radius 3 is 2.27 bits per heavy atom. The summed E-state index contributed by atoms with van der Waals surface area (Å²) in [6.45, 7) is 1.82. The number of aromatic amines is 1. The van der Waals surface area contributed by atoms with Crippen LogP contribution in [-0.4, -0.2) is 45.7 Å². The van der Waals surface area contributed by atoms with Gasteiger partial charge in [-0.2, -0.15) is 31.4 Å². The van der Waals surface area contributed by atoms with Crippen molar-refractivity contribution in [2.45, 2.75) is 62.5 Å². The number of halogens is 7. The van der Waals surface area contributed by atoms with E-state index in [0.717, 1.165) is 5.69 Å². The fraction of sp³-hybridized carbons (Fsp3) is 0.407. The molecule has 5 rings (SSSR count). The number of rotatable bonds is 7. The van der Waals surface area contributed by atoms with Crippen LogP contribution in [0.1, 0.15) is 53.3 Å². The zero-order valence-corrected chi connectivity index (χ0v) is 21.1. The van der Waals surface area contributed by atoms with Crippen molar-refractivity contribution >= 4 is 5.91 Å². The van der Waals surface area contributed by atoms with Gasteiger partial charge in [0.25, 0.3) is 0 Å². The van der Waals surface area contributed by atoms with E-state index >= 15 is 0 Å². The van der Waals surface area contributed by atoms with E-state index in [0.29, 0.717) is 24.2 Å². The van der Waals surface area contributed by atoms with Crippen LogP contribution in [-0.2, 0) is 28.4 Å². The first-order chi connectivity index (χ1) is 18.8. The Labute approximate surface area is 224 Å². The quantitative estimate of drug-likeness (QED) is 0.364. The van der Waals surface area contributed by atoms with E-state index in [1.165, 1.54) is 19.1 Å². The molecule has 1 unspecified atom stereocenters. The Morgan fingerprint density at radius 2 is 1.70 bits per heavy atom. The minimum Gasteiger partial charge on any atom is -0.368 e. The first-order valence-electron chi connectivity index (χ1n) is 12.5. The van der Waals surface area contributed by atoms with Gasteiger partial charge in [0.05, 0.1) is 29.4 Å². The summed E-state index contributed by atoms with van der Waals surface area (Å²) in [6, 6.07) is 7.94. The zero-order chi connectivity index (χ0) is 28.8. The van der Waals surface area contributed by atoms with Gasteiger partial charge in [0.15, 0.2) is 0 Å². The molecule has 2 aliphatic heterocycles. The molecular formula is C27H25F7N4O2. The highest BCUT2D eigenvalue weighted by molar-refractivity contribution is 5.81. The molecule has 0 saturated carbocycles. The minimum atomic E-state index is -5.00. The maximum Gasteiger partial charge on any atom is 0.416 e. The summed E-state index contributed by atoms with van der Waals surface area (Å²) >= 11 is 0. The molecule has 2 aromatic carbocycles. The van der Waals surface area contributed by atoms with Crippen molar-refractivity contribution in [3.63, 3.8) is 0 Å². The number of carbonyl (C=O) groups excluding carboxylic acids is 1. The maximum atomic E-state index is 13.8. The molecule has 0 spiro atoms. The standard InChI is InChI=1S/C27H25F7N4O2/c1-14(16-8-17(26(29,30)31)10-18(9-16)27(32,33)34)40-22-13-38-23(39)11-21(35-12-20-6-7-36-37-20)25(38)24(22)15-2-4-19(28)5-3-15/h2-10,14,21-22,24-25,35H,11-13H2,1H3,(H,36,37)/t14-,21?,22+,24-,25+/m1/s1.